The van der Waals surface area contributed by atoms with E-state index in [9.17, 15) is 4.79 Å². The zero-order chi connectivity index (χ0) is 24.4. The fourth-order valence-electron chi connectivity index (χ4n) is 4.79. The number of rotatable bonds is 8. The highest BCUT2D eigenvalue weighted by Crippen LogP contribution is 2.22. The molecule has 1 fully saturated rings. The molecule has 0 amide bonds. The summed E-state index contributed by atoms with van der Waals surface area (Å²) < 4.78 is 7.59. The lowest BCUT2D eigenvalue weighted by Crippen LogP contribution is -2.29. The fourth-order valence-corrected chi connectivity index (χ4v) is 4.98. The highest BCUT2D eigenvalue weighted by Gasteiger charge is 2.21. The van der Waals surface area contributed by atoms with Gasteiger partial charge in [-0.05, 0) is 71.8 Å². The first-order valence-electron chi connectivity index (χ1n) is 11.9. The van der Waals surface area contributed by atoms with Crippen LogP contribution < -0.4 is 5.56 Å². The number of hydrogen-bond acceptors (Lipinski definition) is 6. The van der Waals surface area contributed by atoms with E-state index in [0.29, 0.717) is 36.8 Å². The van der Waals surface area contributed by atoms with Crippen molar-refractivity contribution in [2.75, 3.05) is 6.61 Å². The zero-order valence-electron chi connectivity index (χ0n) is 20.0. The van der Waals surface area contributed by atoms with E-state index in [1.807, 2.05) is 41.9 Å². The Morgan fingerprint density at radius 2 is 1.97 bits per heavy atom. The molecule has 5 rings (SSSR count). The van der Waals surface area contributed by atoms with Crippen molar-refractivity contribution in [1.82, 2.24) is 30.1 Å². The average molecular weight is 493 g/mol. The quantitative estimate of drug-likeness (QED) is 0.397. The monoisotopic (exact) mass is 492 g/mol. The van der Waals surface area contributed by atoms with Crippen LogP contribution in [0.1, 0.15) is 40.9 Å². The topological polar surface area (TPSA) is 88.9 Å². The molecule has 0 saturated carbocycles. The molecule has 8 nitrogen and oxygen atoms in total. The normalized spacial score (nSPS) is 15.9. The Hall–Kier alpha value is -3.07. The first-order chi connectivity index (χ1) is 17.0. The third-order valence-electron chi connectivity index (χ3n) is 6.49. The van der Waals surface area contributed by atoms with Crippen molar-refractivity contribution in [3.8, 4) is 0 Å². The third kappa shape index (κ3) is 5.45. The molecule has 1 unspecified atom stereocenters. The van der Waals surface area contributed by atoms with Crippen LogP contribution in [0, 0.1) is 13.8 Å². The van der Waals surface area contributed by atoms with E-state index in [2.05, 4.69) is 44.5 Å². The number of aryl methyl sites for hydroxylation is 2. The predicted molar refractivity (Wildman–Crippen MR) is 135 cm³/mol. The average Bonchev–Trinajstić information content (AvgIpc) is 3.49. The first-order valence-corrected chi connectivity index (χ1v) is 12.3. The minimum atomic E-state index is -0.0902. The predicted octanol–water partition coefficient (Wildman–Crippen LogP) is 4.17. The Balaban J connectivity index is 1.45. The van der Waals surface area contributed by atoms with Crippen LogP contribution in [0.5, 0.6) is 0 Å². The Morgan fingerprint density at radius 3 is 2.77 bits per heavy atom. The van der Waals surface area contributed by atoms with Gasteiger partial charge >= 0.3 is 0 Å². The van der Waals surface area contributed by atoms with Crippen LogP contribution in [0.3, 0.4) is 0 Å². The molecule has 182 valence electrons. The highest BCUT2D eigenvalue weighted by molar-refractivity contribution is 6.31. The van der Waals surface area contributed by atoms with Gasteiger partial charge in [-0.2, -0.15) is 0 Å². The van der Waals surface area contributed by atoms with Gasteiger partial charge in [0, 0.05) is 30.3 Å². The first kappa shape index (κ1) is 23.7. The number of aromatic nitrogens is 5. The minimum absolute atomic E-state index is 0.0902. The summed E-state index contributed by atoms with van der Waals surface area (Å²) in [6.45, 7) is 6.93. The number of ether oxygens (including phenoxy) is 1. The Labute approximate surface area is 208 Å². The molecule has 0 radical (unpaired) electrons. The van der Waals surface area contributed by atoms with Crippen LogP contribution in [0.2, 0.25) is 5.02 Å². The molecule has 4 aromatic rings. The fraction of sp³-hybridized carbons (Fsp3) is 0.385. The van der Waals surface area contributed by atoms with E-state index in [1.54, 1.807) is 0 Å². The second-order valence-corrected chi connectivity index (χ2v) is 9.73. The summed E-state index contributed by atoms with van der Waals surface area (Å²) >= 11 is 6.49. The zero-order valence-corrected chi connectivity index (χ0v) is 20.8. The second kappa shape index (κ2) is 10.3. The lowest BCUT2D eigenvalue weighted by Gasteiger charge is -2.23. The van der Waals surface area contributed by atoms with Crippen LogP contribution in [0.15, 0.2) is 47.3 Å². The number of fused-ring (bicyclic) bond motifs is 1. The van der Waals surface area contributed by atoms with E-state index < -0.39 is 0 Å². The number of halogens is 1. The molecule has 0 bridgehead atoms. The maximum Gasteiger partial charge on any atom is 0.252 e. The van der Waals surface area contributed by atoms with Crippen molar-refractivity contribution >= 4 is 22.5 Å². The van der Waals surface area contributed by atoms with Gasteiger partial charge < -0.3 is 9.72 Å². The molecule has 1 N–H and O–H groups in total. The summed E-state index contributed by atoms with van der Waals surface area (Å²) in [6, 6.07) is 13.9. The van der Waals surface area contributed by atoms with Gasteiger partial charge in [-0.3, -0.25) is 9.69 Å². The Kier molecular flexibility index (Phi) is 6.95. The van der Waals surface area contributed by atoms with Gasteiger partial charge in [0.05, 0.1) is 24.7 Å². The third-order valence-corrected chi connectivity index (χ3v) is 6.86. The number of nitrogens with one attached hydrogen (secondary N) is 1. The van der Waals surface area contributed by atoms with Gasteiger partial charge in [0.25, 0.3) is 5.56 Å². The van der Waals surface area contributed by atoms with Gasteiger partial charge in [-0.1, -0.05) is 41.4 Å². The second-order valence-electron chi connectivity index (χ2n) is 9.32. The molecule has 1 atom stereocenters. The Morgan fingerprint density at radius 1 is 1.14 bits per heavy atom. The van der Waals surface area contributed by atoms with Gasteiger partial charge in [-0.25, -0.2) is 4.68 Å². The molecule has 0 spiro atoms. The van der Waals surface area contributed by atoms with Crippen LogP contribution in [0.4, 0.5) is 0 Å². The molecular formula is C26H29ClN6O2. The van der Waals surface area contributed by atoms with Gasteiger partial charge in [0.1, 0.15) is 0 Å². The van der Waals surface area contributed by atoms with Crippen molar-refractivity contribution in [2.45, 2.75) is 59.0 Å². The molecular weight excluding hydrogens is 464 g/mol. The molecule has 3 heterocycles. The number of H-pyrrole nitrogens is 1. The number of nitrogens with zero attached hydrogens (tertiary/aromatic N) is 5. The van der Waals surface area contributed by atoms with Crippen molar-refractivity contribution in [3.63, 3.8) is 0 Å². The molecule has 0 aliphatic carbocycles. The van der Waals surface area contributed by atoms with Crippen LogP contribution in [-0.2, 0) is 30.9 Å². The molecule has 35 heavy (non-hydrogen) atoms. The summed E-state index contributed by atoms with van der Waals surface area (Å²) in [6.07, 6.45) is 2.20. The van der Waals surface area contributed by atoms with Crippen molar-refractivity contribution in [3.05, 3.63) is 85.9 Å². The van der Waals surface area contributed by atoms with Gasteiger partial charge in [-0.15, -0.1) is 5.10 Å². The maximum absolute atomic E-state index is 13.1. The summed E-state index contributed by atoms with van der Waals surface area (Å²) in [5.41, 5.74) is 4.68. The minimum Gasteiger partial charge on any atom is -0.376 e. The van der Waals surface area contributed by atoms with Crippen molar-refractivity contribution in [2.24, 2.45) is 0 Å². The van der Waals surface area contributed by atoms with Crippen LogP contribution in [-0.4, -0.2) is 42.8 Å². The number of benzene rings is 2. The van der Waals surface area contributed by atoms with Crippen LogP contribution >= 0.6 is 11.6 Å². The standard InChI is InChI=1S/C26H29ClN6O2/c1-17-10-18(2)25-20(11-17)12-21(26(34)28-25)14-32(13-19-6-3-4-8-23(19)27)16-24-29-30-31-33(24)15-22-7-5-9-35-22/h3-4,6,8,10-12,22H,5,7,9,13-16H2,1-2H3,(H,28,34). The highest BCUT2D eigenvalue weighted by atomic mass is 35.5. The summed E-state index contributed by atoms with van der Waals surface area (Å²) in [4.78, 5) is 18.3. The van der Waals surface area contributed by atoms with Crippen molar-refractivity contribution in [1.29, 1.82) is 0 Å². The molecule has 2 aromatic heterocycles. The molecule has 1 aliphatic rings. The lowest BCUT2D eigenvalue weighted by molar-refractivity contribution is 0.0914. The number of tetrazole rings is 1. The molecule has 1 aliphatic heterocycles. The van der Waals surface area contributed by atoms with E-state index in [1.165, 1.54) is 0 Å². The van der Waals surface area contributed by atoms with Crippen molar-refractivity contribution < 1.29 is 4.74 Å². The molecule has 2 aromatic carbocycles. The van der Waals surface area contributed by atoms with E-state index >= 15 is 0 Å². The lowest BCUT2D eigenvalue weighted by atomic mass is 10.0. The number of aromatic amines is 1. The van der Waals surface area contributed by atoms with E-state index in [-0.39, 0.29) is 11.7 Å². The number of pyridine rings is 1. The summed E-state index contributed by atoms with van der Waals surface area (Å²) in [5.74, 6) is 0.733. The smallest absolute Gasteiger partial charge is 0.252 e. The van der Waals surface area contributed by atoms with Crippen LogP contribution in [0.25, 0.3) is 10.9 Å². The molecule has 9 heteroatoms. The van der Waals surface area contributed by atoms with Gasteiger partial charge in [0.15, 0.2) is 5.82 Å². The maximum atomic E-state index is 13.1. The van der Waals surface area contributed by atoms with E-state index in [0.717, 1.165) is 52.9 Å². The van der Waals surface area contributed by atoms with Gasteiger partial charge in [0.2, 0.25) is 0 Å². The number of hydrogen-bond donors (Lipinski definition) is 1. The van der Waals surface area contributed by atoms with E-state index in [4.69, 9.17) is 16.3 Å². The largest absolute Gasteiger partial charge is 0.376 e. The SMILES string of the molecule is Cc1cc(C)c2[nH]c(=O)c(CN(Cc3ccccc3Cl)Cc3nnnn3CC3CCCO3)cc2c1. The Bertz CT molecular complexity index is 1390. The summed E-state index contributed by atoms with van der Waals surface area (Å²) in [7, 11) is 0. The summed E-state index contributed by atoms with van der Waals surface area (Å²) in [5, 5.41) is 14.1. The molecule has 1 saturated heterocycles.